The van der Waals surface area contributed by atoms with Gasteiger partial charge in [-0.3, -0.25) is 9.59 Å². The van der Waals surface area contributed by atoms with Gasteiger partial charge in [0.05, 0.1) is 12.6 Å². The molecule has 0 fully saturated rings. The molecule has 2 atom stereocenters. The summed E-state index contributed by atoms with van der Waals surface area (Å²) in [5, 5.41) is 14.9. The molecule has 0 spiro atoms. The summed E-state index contributed by atoms with van der Waals surface area (Å²) in [5.41, 5.74) is 1.45. The van der Waals surface area contributed by atoms with Gasteiger partial charge in [-0.1, -0.05) is 55.5 Å². The van der Waals surface area contributed by atoms with Gasteiger partial charge < -0.3 is 15.7 Å². The fourth-order valence-electron chi connectivity index (χ4n) is 2.47. The molecule has 2 aromatic rings. The predicted octanol–water partition coefficient (Wildman–Crippen LogP) is 1.91. The molecule has 2 rings (SSSR count). The lowest BCUT2D eigenvalue weighted by molar-refractivity contribution is -0.124. The number of carbonyl (C=O) groups is 2. The van der Waals surface area contributed by atoms with Crippen molar-refractivity contribution < 1.29 is 14.7 Å². The standard InChI is InChI=1S/C20H24N2O3/c1-2-17(14-23)21-20(25)18(13-15-9-5-3-6-10-15)22-19(24)16-11-7-4-8-12-16/h3-12,17-18,23H,2,13-14H2,1H3,(H,21,25)(H,22,24). The van der Waals surface area contributed by atoms with Crippen molar-refractivity contribution in [2.24, 2.45) is 0 Å². The molecule has 5 heteroatoms. The molecular formula is C20H24N2O3. The van der Waals surface area contributed by atoms with Crippen molar-refractivity contribution in [2.45, 2.75) is 31.8 Å². The van der Waals surface area contributed by atoms with Crippen molar-refractivity contribution in [3.8, 4) is 0 Å². The molecule has 132 valence electrons. The Kier molecular flexibility index (Phi) is 7.16. The molecule has 2 unspecified atom stereocenters. The molecule has 0 aliphatic carbocycles. The molecule has 0 saturated heterocycles. The van der Waals surface area contributed by atoms with E-state index in [0.717, 1.165) is 5.56 Å². The maximum absolute atomic E-state index is 12.6. The summed E-state index contributed by atoms with van der Waals surface area (Å²) in [4.78, 5) is 25.0. The minimum Gasteiger partial charge on any atom is -0.394 e. The third kappa shape index (κ3) is 5.72. The molecule has 0 aliphatic heterocycles. The first-order valence-corrected chi connectivity index (χ1v) is 8.45. The minimum atomic E-state index is -0.712. The van der Waals surface area contributed by atoms with Crippen LogP contribution in [0.5, 0.6) is 0 Å². The van der Waals surface area contributed by atoms with Crippen LogP contribution >= 0.6 is 0 Å². The molecule has 3 N–H and O–H groups in total. The van der Waals surface area contributed by atoms with Crippen molar-refractivity contribution in [1.29, 1.82) is 0 Å². The molecule has 0 saturated carbocycles. The van der Waals surface area contributed by atoms with Crippen molar-refractivity contribution in [2.75, 3.05) is 6.61 Å². The van der Waals surface area contributed by atoms with Crippen LogP contribution in [-0.2, 0) is 11.2 Å². The topological polar surface area (TPSA) is 78.4 Å². The fraction of sp³-hybridized carbons (Fsp3) is 0.300. The number of carbonyl (C=O) groups excluding carboxylic acids is 2. The molecule has 0 aliphatic rings. The Hall–Kier alpha value is -2.66. The van der Waals surface area contributed by atoms with Crippen LogP contribution in [0.3, 0.4) is 0 Å². The number of aliphatic hydroxyl groups is 1. The summed E-state index contributed by atoms with van der Waals surface area (Å²) < 4.78 is 0. The van der Waals surface area contributed by atoms with E-state index in [2.05, 4.69) is 10.6 Å². The Bertz CT molecular complexity index is 670. The average molecular weight is 340 g/mol. The van der Waals surface area contributed by atoms with Crippen LogP contribution in [0.2, 0.25) is 0 Å². The quantitative estimate of drug-likeness (QED) is 0.687. The third-order valence-corrected chi connectivity index (χ3v) is 4.00. The van der Waals surface area contributed by atoms with Gasteiger partial charge in [0, 0.05) is 12.0 Å². The van der Waals surface area contributed by atoms with Gasteiger partial charge in [0.15, 0.2) is 0 Å². The second-order valence-electron chi connectivity index (χ2n) is 5.88. The Morgan fingerprint density at radius 3 is 2.12 bits per heavy atom. The number of rotatable bonds is 8. The summed E-state index contributed by atoms with van der Waals surface area (Å²) in [5.74, 6) is -0.595. The molecule has 0 radical (unpaired) electrons. The van der Waals surface area contributed by atoms with Gasteiger partial charge in [-0.05, 0) is 24.1 Å². The highest BCUT2D eigenvalue weighted by Crippen LogP contribution is 2.06. The molecule has 0 aromatic heterocycles. The number of hydrogen-bond donors (Lipinski definition) is 3. The van der Waals surface area contributed by atoms with E-state index in [0.29, 0.717) is 18.4 Å². The van der Waals surface area contributed by atoms with Gasteiger partial charge >= 0.3 is 0 Å². The van der Waals surface area contributed by atoms with Crippen molar-refractivity contribution in [3.63, 3.8) is 0 Å². The van der Waals surface area contributed by atoms with Crippen LogP contribution in [-0.4, -0.2) is 35.6 Å². The van der Waals surface area contributed by atoms with Crippen molar-refractivity contribution in [1.82, 2.24) is 10.6 Å². The van der Waals surface area contributed by atoms with Gasteiger partial charge in [-0.2, -0.15) is 0 Å². The summed E-state index contributed by atoms with van der Waals surface area (Å²) in [6.07, 6.45) is 1.00. The number of hydrogen-bond acceptors (Lipinski definition) is 3. The predicted molar refractivity (Wildman–Crippen MR) is 97.1 cm³/mol. The molecule has 5 nitrogen and oxygen atoms in total. The van der Waals surface area contributed by atoms with E-state index in [-0.39, 0.29) is 24.5 Å². The van der Waals surface area contributed by atoms with E-state index in [4.69, 9.17) is 0 Å². The normalized spacial score (nSPS) is 12.9. The Morgan fingerprint density at radius 2 is 1.56 bits per heavy atom. The van der Waals surface area contributed by atoms with Crippen LogP contribution < -0.4 is 10.6 Å². The second-order valence-corrected chi connectivity index (χ2v) is 5.88. The van der Waals surface area contributed by atoms with Crippen LogP contribution in [0.4, 0.5) is 0 Å². The maximum Gasteiger partial charge on any atom is 0.251 e. The van der Waals surface area contributed by atoms with Crippen LogP contribution in [0, 0.1) is 0 Å². The molecule has 0 bridgehead atoms. The van der Waals surface area contributed by atoms with E-state index in [1.807, 2.05) is 43.3 Å². The number of nitrogens with one attached hydrogen (secondary N) is 2. The van der Waals surface area contributed by atoms with E-state index >= 15 is 0 Å². The van der Waals surface area contributed by atoms with Gasteiger partial charge in [0.1, 0.15) is 6.04 Å². The number of aliphatic hydroxyl groups excluding tert-OH is 1. The van der Waals surface area contributed by atoms with Gasteiger partial charge in [-0.15, -0.1) is 0 Å². The summed E-state index contributed by atoms with van der Waals surface area (Å²) >= 11 is 0. The molecular weight excluding hydrogens is 316 g/mol. The maximum atomic E-state index is 12.6. The molecule has 25 heavy (non-hydrogen) atoms. The lowest BCUT2D eigenvalue weighted by atomic mass is 10.0. The smallest absolute Gasteiger partial charge is 0.251 e. The summed E-state index contributed by atoms with van der Waals surface area (Å²) in [7, 11) is 0. The van der Waals surface area contributed by atoms with Gasteiger partial charge in [-0.25, -0.2) is 0 Å². The van der Waals surface area contributed by atoms with Crippen LogP contribution in [0.25, 0.3) is 0 Å². The highest BCUT2D eigenvalue weighted by Gasteiger charge is 2.23. The van der Waals surface area contributed by atoms with Crippen molar-refractivity contribution >= 4 is 11.8 Å². The average Bonchev–Trinajstić information content (AvgIpc) is 2.66. The Morgan fingerprint density at radius 1 is 0.960 bits per heavy atom. The van der Waals surface area contributed by atoms with E-state index < -0.39 is 6.04 Å². The van der Waals surface area contributed by atoms with Crippen LogP contribution in [0.15, 0.2) is 60.7 Å². The zero-order valence-electron chi connectivity index (χ0n) is 14.3. The first-order chi connectivity index (χ1) is 12.1. The summed E-state index contributed by atoms with van der Waals surface area (Å²) in [6, 6.07) is 17.3. The lowest BCUT2D eigenvalue weighted by Crippen LogP contribution is -2.51. The third-order valence-electron chi connectivity index (χ3n) is 4.00. The molecule has 2 aromatic carbocycles. The first-order valence-electron chi connectivity index (χ1n) is 8.45. The SMILES string of the molecule is CCC(CO)NC(=O)C(Cc1ccccc1)NC(=O)c1ccccc1. The van der Waals surface area contributed by atoms with E-state index in [1.54, 1.807) is 24.3 Å². The fourth-order valence-corrected chi connectivity index (χ4v) is 2.47. The van der Waals surface area contributed by atoms with Gasteiger partial charge in [0.2, 0.25) is 5.91 Å². The van der Waals surface area contributed by atoms with E-state index in [1.165, 1.54) is 0 Å². The van der Waals surface area contributed by atoms with Crippen molar-refractivity contribution in [3.05, 3.63) is 71.8 Å². The monoisotopic (exact) mass is 340 g/mol. The molecule has 2 amide bonds. The zero-order chi connectivity index (χ0) is 18.1. The first kappa shape index (κ1) is 18.7. The number of amides is 2. The number of benzene rings is 2. The molecule has 0 heterocycles. The van der Waals surface area contributed by atoms with E-state index in [9.17, 15) is 14.7 Å². The largest absolute Gasteiger partial charge is 0.394 e. The minimum absolute atomic E-state index is 0.132. The van der Waals surface area contributed by atoms with Crippen LogP contribution in [0.1, 0.15) is 29.3 Å². The Labute approximate surface area is 148 Å². The highest BCUT2D eigenvalue weighted by atomic mass is 16.3. The second kappa shape index (κ2) is 9.59. The van der Waals surface area contributed by atoms with Gasteiger partial charge in [0.25, 0.3) is 5.91 Å². The summed E-state index contributed by atoms with van der Waals surface area (Å²) in [6.45, 7) is 1.75. The highest BCUT2D eigenvalue weighted by molar-refractivity contribution is 5.97. The Balaban J connectivity index is 2.13. The zero-order valence-corrected chi connectivity index (χ0v) is 14.3. The lowest BCUT2D eigenvalue weighted by Gasteiger charge is -2.22.